The van der Waals surface area contributed by atoms with Gasteiger partial charge in [0.25, 0.3) is 5.56 Å². The molecular formula is C14H18N2O2S. The van der Waals surface area contributed by atoms with Crippen molar-refractivity contribution in [1.82, 2.24) is 9.38 Å². The summed E-state index contributed by atoms with van der Waals surface area (Å²) in [7, 11) is 0. The molecule has 0 fully saturated rings. The maximum absolute atomic E-state index is 12.0. The van der Waals surface area contributed by atoms with Crippen LogP contribution in [0.2, 0.25) is 0 Å². The molecule has 2 aromatic heterocycles. The molecule has 1 atom stereocenters. The zero-order chi connectivity index (χ0) is 13.8. The van der Waals surface area contributed by atoms with Crippen LogP contribution in [0.3, 0.4) is 0 Å². The molecule has 0 aromatic carbocycles. The van der Waals surface area contributed by atoms with Gasteiger partial charge in [0.15, 0.2) is 0 Å². The average Bonchev–Trinajstić information content (AvgIpc) is 2.36. The number of aryl methyl sites for hydroxylation is 1. The number of aliphatic hydroxyl groups is 1. The lowest BCUT2D eigenvalue weighted by Crippen LogP contribution is -2.15. The van der Waals surface area contributed by atoms with Gasteiger partial charge in [0.05, 0.1) is 5.69 Å². The van der Waals surface area contributed by atoms with E-state index in [2.05, 4.69) is 11.9 Å². The fourth-order valence-electron chi connectivity index (χ4n) is 1.82. The van der Waals surface area contributed by atoms with Crippen molar-refractivity contribution < 1.29 is 5.11 Å². The molecule has 2 rings (SSSR count). The molecule has 0 aliphatic rings. The Hall–Kier alpha value is -1.33. The van der Waals surface area contributed by atoms with Crippen LogP contribution in [0.5, 0.6) is 0 Å². The van der Waals surface area contributed by atoms with Gasteiger partial charge in [-0.2, -0.15) is 11.8 Å². The van der Waals surface area contributed by atoms with Gasteiger partial charge in [-0.1, -0.05) is 6.92 Å². The zero-order valence-corrected chi connectivity index (χ0v) is 12.0. The Morgan fingerprint density at radius 3 is 3.00 bits per heavy atom. The van der Waals surface area contributed by atoms with E-state index in [1.54, 1.807) is 28.4 Å². The highest BCUT2D eigenvalue weighted by Gasteiger charge is 2.06. The predicted octanol–water partition coefficient (Wildman–Crippen LogP) is 2.01. The number of hydrogen-bond donors (Lipinski definition) is 1. The highest BCUT2D eigenvalue weighted by Crippen LogP contribution is 2.18. The molecular weight excluding hydrogens is 260 g/mol. The summed E-state index contributed by atoms with van der Waals surface area (Å²) >= 11 is 1.70. The zero-order valence-electron chi connectivity index (χ0n) is 11.2. The minimum Gasteiger partial charge on any atom is -0.396 e. The first-order chi connectivity index (χ1) is 9.10. The number of hydrogen-bond acceptors (Lipinski definition) is 4. The summed E-state index contributed by atoms with van der Waals surface area (Å²) in [6.07, 6.45) is 2.52. The van der Waals surface area contributed by atoms with E-state index in [9.17, 15) is 4.79 Å². The molecule has 1 unspecified atom stereocenters. The summed E-state index contributed by atoms with van der Waals surface area (Å²) in [4.78, 5) is 16.5. The smallest absolute Gasteiger partial charge is 0.258 e. The number of nitrogens with zero attached hydrogens (tertiary/aromatic N) is 2. The summed E-state index contributed by atoms with van der Waals surface area (Å²) in [5, 5.41) is 9.23. The first-order valence-electron chi connectivity index (χ1n) is 6.31. The lowest BCUT2D eigenvalue weighted by Gasteiger charge is -2.09. The minimum absolute atomic E-state index is 0.0459. The molecule has 0 bridgehead atoms. The summed E-state index contributed by atoms with van der Waals surface area (Å²) < 4.78 is 1.55. The quantitative estimate of drug-likeness (QED) is 0.909. The van der Waals surface area contributed by atoms with Gasteiger partial charge < -0.3 is 5.11 Å². The van der Waals surface area contributed by atoms with E-state index >= 15 is 0 Å². The fourth-order valence-corrected chi connectivity index (χ4v) is 2.70. The number of rotatable bonds is 5. The number of thioether (sulfide) groups is 1. The van der Waals surface area contributed by atoms with Crippen LogP contribution in [0.4, 0.5) is 0 Å². The summed E-state index contributed by atoms with van der Waals surface area (Å²) in [5.41, 5.74) is 2.53. The van der Waals surface area contributed by atoms with Crippen molar-refractivity contribution in [3.8, 4) is 0 Å². The van der Waals surface area contributed by atoms with Gasteiger partial charge >= 0.3 is 0 Å². The maximum Gasteiger partial charge on any atom is 0.258 e. The number of fused-ring (bicyclic) bond motifs is 1. The SMILES string of the molecule is Cc1ccn2c(=O)cc(CSC(C)CCO)nc2c1. The molecule has 102 valence electrons. The second kappa shape index (κ2) is 6.21. The molecule has 5 heteroatoms. The van der Waals surface area contributed by atoms with Gasteiger partial charge in [0.1, 0.15) is 5.65 Å². The van der Waals surface area contributed by atoms with Crippen molar-refractivity contribution in [3.63, 3.8) is 0 Å². The van der Waals surface area contributed by atoms with Gasteiger partial charge in [0, 0.05) is 29.9 Å². The van der Waals surface area contributed by atoms with Gasteiger partial charge in [-0.15, -0.1) is 0 Å². The van der Waals surface area contributed by atoms with E-state index < -0.39 is 0 Å². The molecule has 19 heavy (non-hydrogen) atoms. The summed E-state index contributed by atoms with van der Waals surface area (Å²) in [6.45, 7) is 4.25. The predicted molar refractivity (Wildman–Crippen MR) is 78.7 cm³/mol. The summed E-state index contributed by atoms with van der Waals surface area (Å²) in [6, 6.07) is 5.39. The first kappa shape index (κ1) is 14.1. The third kappa shape index (κ3) is 3.58. The Bertz CT molecular complexity index is 624. The van der Waals surface area contributed by atoms with E-state index in [4.69, 9.17) is 5.11 Å². The molecule has 0 aliphatic heterocycles. The lowest BCUT2D eigenvalue weighted by atomic mass is 10.3. The second-order valence-electron chi connectivity index (χ2n) is 4.65. The monoisotopic (exact) mass is 278 g/mol. The van der Waals surface area contributed by atoms with Crippen LogP contribution in [0, 0.1) is 6.92 Å². The normalized spacial score (nSPS) is 12.8. The van der Waals surface area contributed by atoms with Crippen LogP contribution in [0.25, 0.3) is 5.65 Å². The fraction of sp³-hybridized carbons (Fsp3) is 0.429. The van der Waals surface area contributed by atoms with Crippen molar-refractivity contribution in [3.05, 3.63) is 46.0 Å². The van der Waals surface area contributed by atoms with E-state index in [1.165, 1.54) is 0 Å². The topological polar surface area (TPSA) is 54.6 Å². The number of pyridine rings is 1. The van der Waals surface area contributed by atoms with E-state index in [-0.39, 0.29) is 12.2 Å². The minimum atomic E-state index is -0.0459. The Kier molecular flexibility index (Phi) is 4.61. The highest BCUT2D eigenvalue weighted by atomic mass is 32.2. The van der Waals surface area contributed by atoms with Crippen molar-refractivity contribution in [2.75, 3.05) is 6.61 Å². The molecule has 0 saturated carbocycles. The van der Waals surface area contributed by atoms with Crippen molar-refractivity contribution in [1.29, 1.82) is 0 Å². The summed E-state index contributed by atoms with van der Waals surface area (Å²) in [5.74, 6) is 0.695. The molecule has 0 aliphatic carbocycles. The molecule has 0 radical (unpaired) electrons. The van der Waals surface area contributed by atoms with Crippen LogP contribution in [0.15, 0.2) is 29.2 Å². The molecule has 2 aromatic rings. The van der Waals surface area contributed by atoms with E-state index in [0.717, 1.165) is 17.7 Å². The van der Waals surface area contributed by atoms with Crippen LogP contribution >= 0.6 is 11.8 Å². The molecule has 2 heterocycles. The standard InChI is InChI=1S/C14H18N2O2S/c1-10-3-5-16-13(7-10)15-12(8-14(16)18)9-19-11(2)4-6-17/h3,5,7-8,11,17H,4,6,9H2,1-2H3. The van der Waals surface area contributed by atoms with Crippen LogP contribution in [0.1, 0.15) is 24.6 Å². The average molecular weight is 278 g/mol. The van der Waals surface area contributed by atoms with E-state index in [0.29, 0.717) is 16.6 Å². The largest absolute Gasteiger partial charge is 0.396 e. The Labute approximate surface area is 116 Å². The van der Waals surface area contributed by atoms with Crippen molar-refractivity contribution >= 4 is 17.4 Å². The third-order valence-electron chi connectivity index (χ3n) is 2.93. The van der Waals surface area contributed by atoms with Gasteiger partial charge in [-0.05, 0) is 31.0 Å². The Balaban J connectivity index is 2.23. The highest BCUT2D eigenvalue weighted by molar-refractivity contribution is 7.99. The van der Waals surface area contributed by atoms with Crippen LogP contribution < -0.4 is 5.56 Å². The van der Waals surface area contributed by atoms with Crippen LogP contribution in [-0.4, -0.2) is 26.3 Å². The first-order valence-corrected chi connectivity index (χ1v) is 7.36. The molecule has 0 saturated heterocycles. The Morgan fingerprint density at radius 2 is 2.26 bits per heavy atom. The molecule has 1 N–H and O–H groups in total. The molecule has 4 nitrogen and oxygen atoms in total. The lowest BCUT2D eigenvalue weighted by molar-refractivity contribution is 0.289. The number of aromatic nitrogens is 2. The maximum atomic E-state index is 12.0. The Morgan fingerprint density at radius 1 is 1.47 bits per heavy atom. The third-order valence-corrected chi connectivity index (χ3v) is 4.19. The van der Waals surface area contributed by atoms with E-state index in [1.807, 2.05) is 19.1 Å². The molecule has 0 spiro atoms. The number of aliphatic hydroxyl groups excluding tert-OH is 1. The second-order valence-corrected chi connectivity index (χ2v) is 6.08. The van der Waals surface area contributed by atoms with Crippen molar-refractivity contribution in [2.45, 2.75) is 31.3 Å². The molecule has 0 amide bonds. The van der Waals surface area contributed by atoms with Gasteiger partial charge in [-0.3, -0.25) is 9.20 Å². The van der Waals surface area contributed by atoms with Crippen molar-refractivity contribution in [2.24, 2.45) is 0 Å². The van der Waals surface area contributed by atoms with Crippen LogP contribution in [-0.2, 0) is 5.75 Å². The van der Waals surface area contributed by atoms with Gasteiger partial charge in [-0.25, -0.2) is 4.98 Å². The van der Waals surface area contributed by atoms with Gasteiger partial charge in [0.2, 0.25) is 0 Å².